The van der Waals surface area contributed by atoms with Crippen LogP contribution in [0.15, 0.2) is 24.3 Å². The number of rotatable bonds is 12. The third-order valence-electron chi connectivity index (χ3n) is 4.88. The van der Waals surface area contributed by atoms with Gasteiger partial charge in [0.1, 0.15) is 0 Å². The topological polar surface area (TPSA) is 98.0 Å². The maximum atomic E-state index is 10.5. The number of halogens is 1. The van der Waals surface area contributed by atoms with Crippen LogP contribution in [0.5, 0.6) is 0 Å². The minimum atomic E-state index is -0.782. The van der Waals surface area contributed by atoms with Crippen molar-refractivity contribution in [3.8, 4) is 0 Å². The van der Waals surface area contributed by atoms with E-state index in [9.17, 15) is 20.1 Å². The summed E-state index contributed by atoms with van der Waals surface area (Å²) in [7, 11) is 0. The Hall–Kier alpha value is -0.880. The Morgan fingerprint density at radius 1 is 1.23 bits per heavy atom. The lowest BCUT2D eigenvalue weighted by Gasteiger charge is -2.19. The third kappa shape index (κ3) is 9.17. The molecule has 0 aromatic carbocycles. The molecule has 5 nitrogen and oxygen atoms in total. The summed E-state index contributed by atoms with van der Waals surface area (Å²) in [5, 5.41) is 38.0. The molecule has 4 N–H and O–H groups in total. The second-order valence-corrected chi connectivity index (χ2v) is 7.85. The lowest BCUT2D eigenvalue weighted by atomic mass is 9.90. The van der Waals surface area contributed by atoms with Crippen LogP contribution in [0.4, 0.5) is 0 Å². The Balaban J connectivity index is 2.46. The van der Waals surface area contributed by atoms with Crippen LogP contribution in [0.25, 0.3) is 0 Å². The summed E-state index contributed by atoms with van der Waals surface area (Å²) in [6.45, 7) is 1.73. The number of hydrogen-bond donors (Lipinski definition) is 4. The standard InChI is InChI=1S/C20H33ClO5/c1-14(22)7-6-8-15(23)11-12-17-16(18(21)13-19(17)24)9-4-2-3-5-10-20(25)26/h2,4,11-12,14-19,22-24H,3,5-10,13H2,1H3,(H,25,26)/b4-2?,12-11+/t14-,15+,16-,17-,18-,19-/m1/s1. The van der Waals surface area contributed by atoms with Crippen LogP contribution in [0.2, 0.25) is 0 Å². The van der Waals surface area contributed by atoms with Crippen molar-refractivity contribution in [2.45, 2.75) is 82.0 Å². The van der Waals surface area contributed by atoms with Gasteiger partial charge in [0.25, 0.3) is 0 Å². The lowest BCUT2D eigenvalue weighted by molar-refractivity contribution is -0.137. The fourth-order valence-corrected chi connectivity index (χ4v) is 3.84. The first-order valence-electron chi connectivity index (χ1n) is 9.54. The molecule has 1 saturated carbocycles. The fraction of sp³-hybridized carbons (Fsp3) is 0.750. The molecular weight excluding hydrogens is 356 g/mol. The summed E-state index contributed by atoms with van der Waals surface area (Å²) in [6.07, 6.45) is 10.9. The number of carbonyl (C=O) groups is 1. The molecule has 0 saturated heterocycles. The minimum absolute atomic E-state index is 0.0902. The zero-order valence-electron chi connectivity index (χ0n) is 15.5. The molecule has 150 valence electrons. The van der Waals surface area contributed by atoms with Gasteiger partial charge < -0.3 is 20.4 Å². The Morgan fingerprint density at radius 2 is 1.96 bits per heavy atom. The smallest absolute Gasteiger partial charge is 0.303 e. The first kappa shape index (κ1) is 23.2. The number of aliphatic hydroxyl groups is 3. The van der Waals surface area contributed by atoms with Crippen molar-refractivity contribution in [3.63, 3.8) is 0 Å². The van der Waals surface area contributed by atoms with Crippen molar-refractivity contribution < 1.29 is 25.2 Å². The molecule has 0 aromatic rings. The molecule has 0 heterocycles. The van der Waals surface area contributed by atoms with Crippen molar-refractivity contribution in [1.82, 2.24) is 0 Å². The maximum Gasteiger partial charge on any atom is 0.303 e. The van der Waals surface area contributed by atoms with Gasteiger partial charge in [-0.05, 0) is 57.8 Å². The average molecular weight is 389 g/mol. The molecular formula is C20H33ClO5. The largest absolute Gasteiger partial charge is 0.481 e. The van der Waals surface area contributed by atoms with Gasteiger partial charge in [0.05, 0.1) is 18.3 Å². The number of aliphatic hydroxyl groups excluding tert-OH is 3. The van der Waals surface area contributed by atoms with Crippen LogP contribution in [-0.2, 0) is 4.79 Å². The Bertz CT molecular complexity index is 463. The SMILES string of the molecule is C[C@@H](O)CCC[C@H](O)/C=C/[C@@H]1[C@@H](CC=CCCCC(=O)O)[C@H](Cl)C[C@H]1O. The predicted molar refractivity (Wildman–Crippen MR) is 103 cm³/mol. The summed E-state index contributed by atoms with van der Waals surface area (Å²) in [4.78, 5) is 10.5. The fourth-order valence-electron chi connectivity index (χ4n) is 3.38. The molecule has 1 aliphatic rings. The minimum Gasteiger partial charge on any atom is -0.481 e. The van der Waals surface area contributed by atoms with Gasteiger partial charge in [-0.1, -0.05) is 24.3 Å². The van der Waals surface area contributed by atoms with Crippen LogP contribution in [0.1, 0.15) is 58.3 Å². The first-order valence-corrected chi connectivity index (χ1v) is 9.98. The van der Waals surface area contributed by atoms with Crippen molar-refractivity contribution in [2.75, 3.05) is 0 Å². The molecule has 1 aliphatic carbocycles. The maximum absolute atomic E-state index is 10.5. The number of alkyl halides is 1. The van der Waals surface area contributed by atoms with E-state index < -0.39 is 18.2 Å². The van der Waals surface area contributed by atoms with Gasteiger partial charge in [0, 0.05) is 17.7 Å². The van der Waals surface area contributed by atoms with Gasteiger partial charge in [-0.25, -0.2) is 0 Å². The number of allylic oxidation sites excluding steroid dienone is 2. The van der Waals surface area contributed by atoms with E-state index in [2.05, 4.69) is 0 Å². The predicted octanol–water partition coefficient (Wildman–Crippen LogP) is 3.26. The van der Waals surface area contributed by atoms with E-state index in [1.165, 1.54) is 0 Å². The quantitative estimate of drug-likeness (QED) is 0.234. The lowest BCUT2D eigenvalue weighted by Crippen LogP contribution is -2.19. The summed E-state index contributed by atoms with van der Waals surface area (Å²) in [5.74, 6) is -0.772. The number of carboxylic acid groups (broad SMARTS) is 1. The van der Waals surface area contributed by atoms with Crippen molar-refractivity contribution in [2.24, 2.45) is 11.8 Å². The third-order valence-corrected chi connectivity index (χ3v) is 5.39. The molecule has 0 spiro atoms. The van der Waals surface area contributed by atoms with E-state index in [-0.39, 0.29) is 29.7 Å². The Labute approximate surface area is 161 Å². The highest BCUT2D eigenvalue weighted by Gasteiger charge is 2.39. The molecule has 0 radical (unpaired) electrons. The molecule has 1 fully saturated rings. The van der Waals surface area contributed by atoms with Crippen molar-refractivity contribution >= 4 is 17.6 Å². The second kappa shape index (κ2) is 12.5. The normalized spacial score (nSPS) is 28.8. The van der Waals surface area contributed by atoms with E-state index in [4.69, 9.17) is 16.7 Å². The number of aliphatic carboxylic acids is 1. The number of hydrogen-bond acceptors (Lipinski definition) is 4. The van der Waals surface area contributed by atoms with Crippen molar-refractivity contribution in [3.05, 3.63) is 24.3 Å². The zero-order chi connectivity index (χ0) is 19.5. The molecule has 6 atom stereocenters. The molecule has 0 amide bonds. The van der Waals surface area contributed by atoms with E-state index in [1.54, 1.807) is 13.0 Å². The van der Waals surface area contributed by atoms with Crippen LogP contribution in [0.3, 0.4) is 0 Å². The summed E-state index contributed by atoms with van der Waals surface area (Å²) in [6, 6.07) is 0. The first-order chi connectivity index (χ1) is 12.3. The van der Waals surface area contributed by atoms with Crippen LogP contribution >= 0.6 is 11.6 Å². The molecule has 0 bridgehead atoms. The molecule has 0 aliphatic heterocycles. The van der Waals surface area contributed by atoms with Crippen LogP contribution < -0.4 is 0 Å². The Kier molecular flexibility index (Phi) is 11.1. The average Bonchev–Trinajstić information content (AvgIpc) is 2.81. The molecule has 0 aromatic heterocycles. The van der Waals surface area contributed by atoms with Gasteiger partial charge in [-0.3, -0.25) is 4.79 Å². The molecule has 0 unspecified atom stereocenters. The van der Waals surface area contributed by atoms with Crippen LogP contribution in [-0.4, -0.2) is 50.1 Å². The number of unbranched alkanes of at least 4 members (excludes halogenated alkanes) is 1. The highest BCUT2D eigenvalue weighted by molar-refractivity contribution is 6.21. The van der Waals surface area contributed by atoms with Crippen LogP contribution in [0, 0.1) is 11.8 Å². The molecule has 6 heteroatoms. The van der Waals surface area contributed by atoms with Gasteiger partial charge in [0.2, 0.25) is 0 Å². The Morgan fingerprint density at radius 3 is 2.62 bits per heavy atom. The number of carboxylic acids is 1. The zero-order valence-corrected chi connectivity index (χ0v) is 16.3. The van der Waals surface area contributed by atoms with Gasteiger partial charge >= 0.3 is 5.97 Å². The van der Waals surface area contributed by atoms with Gasteiger partial charge in [-0.15, -0.1) is 11.6 Å². The second-order valence-electron chi connectivity index (χ2n) is 7.29. The van der Waals surface area contributed by atoms with Gasteiger partial charge in [-0.2, -0.15) is 0 Å². The summed E-state index contributed by atoms with van der Waals surface area (Å²) >= 11 is 6.39. The molecule has 1 rings (SSSR count). The highest BCUT2D eigenvalue weighted by Crippen LogP contribution is 2.39. The van der Waals surface area contributed by atoms with E-state index in [1.807, 2.05) is 18.2 Å². The molecule has 26 heavy (non-hydrogen) atoms. The summed E-state index contributed by atoms with van der Waals surface area (Å²) < 4.78 is 0. The van der Waals surface area contributed by atoms with E-state index in [0.717, 1.165) is 19.3 Å². The van der Waals surface area contributed by atoms with E-state index >= 15 is 0 Å². The van der Waals surface area contributed by atoms with Gasteiger partial charge in [0.15, 0.2) is 0 Å². The van der Waals surface area contributed by atoms with Crippen molar-refractivity contribution in [1.29, 1.82) is 0 Å². The monoisotopic (exact) mass is 388 g/mol. The summed E-state index contributed by atoms with van der Waals surface area (Å²) in [5.41, 5.74) is 0. The highest BCUT2D eigenvalue weighted by atomic mass is 35.5. The van der Waals surface area contributed by atoms with E-state index in [0.29, 0.717) is 25.7 Å².